The third-order valence-corrected chi connectivity index (χ3v) is 4.67. The number of benzene rings is 1. The van der Waals surface area contributed by atoms with E-state index in [1.807, 2.05) is 5.51 Å². The first-order chi connectivity index (χ1) is 9.25. The van der Waals surface area contributed by atoms with Gasteiger partial charge < -0.3 is 15.5 Å². The maximum absolute atomic E-state index is 6.24. The predicted molar refractivity (Wildman–Crippen MR) is 83.0 cm³/mol. The third-order valence-electron chi connectivity index (χ3n) is 3.88. The van der Waals surface area contributed by atoms with Crippen LogP contribution >= 0.6 is 11.3 Å². The molecular weight excluding hydrogens is 256 g/mol. The molecule has 1 aliphatic rings. The summed E-state index contributed by atoms with van der Waals surface area (Å²) in [5.74, 6) is 0. The van der Waals surface area contributed by atoms with Crippen molar-refractivity contribution in [1.82, 2.24) is 9.88 Å². The van der Waals surface area contributed by atoms with Crippen LogP contribution in [-0.4, -0.2) is 43.1 Å². The van der Waals surface area contributed by atoms with Gasteiger partial charge in [0.05, 0.1) is 21.6 Å². The molecule has 0 aliphatic carbocycles. The summed E-state index contributed by atoms with van der Waals surface area (Å²) in [6, 6.07) is 4.23. The lowest BCUT2D eigenvalue weighted by Gasteiger charge is -2.24. The first kappa shape index (κ1) is 12.7. The Balaban J connectivity index is 1.73. The van der Waals surface area contributed by atoms with Gasteiger partial charge in [-0.1, -0.05) is 0 Å². The number of hydrogen-bond donors (Lipinski definition) is 1. The number of aromatic nitrogens is 1. The van der Waals surface area contributed by atoms with Crippen molar-refractivity contribution in [3.8, 4) is 0 Å². The number of nitrogen functional groups attached to an aromatic ring is 1. The maximum atomic E-state index is 6.24. The summed E-state index contributed by atoms with van der Waals surface area (Å²) in [6.45, 7) is 4.62. The summed E-state index contributed by atoms with van der Waals surface area (Å²) in [5.41, 5.74) is 10.9. The van der Waals surface area contributed by atoms with Crippen molar-refractivity contribution in [2.75, 3.05) is 43.9 Å². The number of anilines is 2. The van der Waals surface area contributed by atoms with E-state index in [2.05, 4.69) is 34.0 Å². The highest BCUT2D eigenvalue weighted by Gasteiger charge is 2.14. The summed E-state index contributed by atoms with van der Waals surface area (Å²) in [7, 11) is 2.11. The van der Waals surface area contributed by atoms with Crippen molar-refractivity contribution < 1.29 is 0 Å². The number of thiazole rings is 1. The molecule has 1 aliphatic heterocycles. The topological polar surface area (TPSA) is 45.4 Å². The maximum Gasteiger partial charge on any atom is 0.106 e. The lowest BCUT2D eigenvalue weighted by molar-refractivity contribution is 0.347. The molecule has 4 nitrogen and oxygen atoms in total. The van der Waals surface area contributed by atoms with E-state index in [-0.39, 0.29) is 0 Å². The Bertz CT molecular complexity index is 560. The molecular formula is C14H20N4S. The standard InChI is InChI=1S/C14H20N4S/c1-17(8-9-18-6-2-3-7-18)11-4-5-12-14(13(11)15)16-10-19-12/h4-5,10H,2-3,6-9,15H2,1H3. The van der Waals surface area contributed by atoms with Crippen LogP contribution in [0.15, 0.2) is 17.6 Å². The SMILES string of the molecule is CN(CCN1CCCC1)c1ccc2scnc2c1N. The fourth-order valence-electron chi connectivity index (χ4n) is 2.69. The van der Waals surface area contributed by atoms with Gasteiger partial charge in [-0.25, -0.2) is 4.98 Å². The Morgan fingerprint density at radius 2 is 2.16 bits per heavy atom. The van der Waals surface area contributed by atoms with Crippen molar-refractivity contribution in [3.63, 3.8) is 0 Å². The minimum Gasteiger partial charge on any atom is -0.395 e. The number of nitrogens with two attached hydrogens (primary N) is 1. The van der Waals surface area contributed by atoms with Crippen LogP contribution in [0.4, 0.5) is 11.4 Å². The lowest BCUT2D eigenvalue weighted by Crippen LogP contribution is -2.31. The Morgan fingerprint density at radius 1 is 1.37 bits per heavy atom. The molecule has 0 spiro atoms. The largest absolute Gasteiger partial charge is 0.395 e. The third kappa shape index (κ3) is 2.53. The van der Waals surface area contributed by atoms with Gasteiger partial charge in [0.25, 0.3) is 0 Å². The van der Waals surface area contributed by atoms with Crippen LogP contribution in [-0.2, 0) is 0 Å². The van der Waals surface area contributed by atoms with E-state index in [4.69, 9.17) is 5.73 Å². The van der Waals surface area contributed by atoms with Gasteiger partial charge in [-0.3, -0.25) is 0 Å². The van der Waals surface area contributed by atoms with Crippen LogP contribution in [0.3, 0.4) is 0 Å². The van der Waals surface area contributed by atoms with E-state index in [0.717, 1.165) is 34.7 Å². The first-order valence-electron chi connectivity index (χ1n) is 6.81. The Labute approximate surface area is 117 Å². The van der Waals surface area contributed by atoms with E-state index < -0.39 is 0 Å². The van der Waals surface area contributed by atoms with Gasteiger partial charge in [0.1, 0.15) is 5.52 Å². The highest BCUT2D eigenvalue weighted by molar-refractivity contribution is 7.16. The van der Waals surface area contributed by atoms with E-state index >= 15 is 0 Å². The molecule has 1 aromatic heterocycles. The summed E-state index contributed by atoms with van der Waals surface area (Å²) >= 11 is 1.64. The zero-order valence-corrected chi connectivity index (χ0v) is 12.1. The van der Waals surface area contributed by atoms with Crippen LogP contribution in [0.25, 0.3) is 10.2 Å². The van der Waals surface area contributed by atoms with Crippen LogP contribution in [0.2, 0.25) is 0 Å². The van der Waals surface area contributed by atoms with Crippen molar-refractivity contribution in [3.05, 3.63) is 17.6 Å². The molecule has 2 aromatic rings. The molecule has 0 radical (unpaired) electrons. The minimum atomic E-state index is 0.808. The van der Waals surface area contributed by atoms with Crippen molar-refractivity contribution >= 4 is 32.9 Å². The molecule has 1 saturated heterocycles. The molecule has 19 heavy (non-hydrogen) atoms. The Morgan fingerprint density at radius 3 is 2.95 bits per heavy atom. The van der Waals surface area contributed by atoms with Crippen molar-refractivity contribution in [2.24, 2.45) is 0 Å². The predicted octanol–water partition coefficient (Wildman–Crippen LogP) is 2.41. The average Bonchev–Trinajstić information content (AvgIpc) is 3.07. The molecule has 0 atom stereocenters. The summed E-state index contributed by atoms with van der Waals surface area (Å²) in [4.78, 5) is 9.12. The average molecular weight is 276 g/mol. The molecule has 3 rings (SSSR count). The quantitative estimate of drug-likeness (QED) is 0.871. The van der Waals surface area contributed by atoms with Crippen LogP contribution in [0.1, 0.15) is 12.8 Å². The highest BCUT2D eigenvalue weighted by Crippen LogP contribution is 2.31. The number of likely N-dealkylation sites (N-methyl/N-ethyl adjacent to an activating group) is 1. The number of hydrogen-bond acceptors (Lipinski definition) is 5. The second kappa shape index (κ2) is 5.35. The summed E-state index contributed by atoms with van der Waals surface area (Å²) in [5, 5.41) is 0. The number of nitrogens with zero attached hydrogens (tertiary/aromatic N) is 3. The van der Waals surface area contributed by atoms with E-state index in [0.29, 0.717) is 0 Å². The van der Waals surface area contributed by atoms with Gasteiger partial charge in [-0.15, -0.1) is 11.3 Å². The van der Waals surface area contributed by atoms with E-state index in [1.54, 1.807) is 11.3 Å². The van der Waals surface area contributed by atoms with Crippen molar-refractivity contribution in [1.29, 1.82) is 0 Å². The molecule has 0 unspecified atom stereocenters. The van der Waals surface area contributed by atoms with E-state index in [9.17, 15) is 0 Å². The molecule has 102 valence electrons. The van der Waals surface area contributed by atoms with Gasteiger partial charge in [0.2, 0.25) is 0 Å². The number of fused-ring (bicyclic) bond motifs is 1. The minimum absolute atomic E-state index is 0.808. The molecule has 0 saturated carbocycles. The summed E-state index contributed by atoms with van der Waals surface area (Å²) in [6.07, 6.45) is 2.69. The van der Waals surface area contributed by atoms with Crippen molar-refractivity contribution in [2.45, 2.75) is 12.8 Å². The highest BCUT2D eigenvalue weighted by atomic mass is 32.1. The fraction of sp³-hybridized carbons (Fsp3) is 0.500. The van der Waals surface area contributed by atoms with Gasteiger partial charge >= 0.3 is 0 Å². The van der Waals surface area contributed by atoms with Crippen LogP contribution in [0, 0.1) is 0 Å². The first-order valence-corrected chi connectivity index (χ1v) is 7.69. The zero-order chi connectivity index (χ0) is 13.2. The van der Waals surface area contributed by atoms with Crippen LogP contribution < -0.4 is 10.6 Å². The molecule has 0 bridgehead atoms. The van der Waals surface area contributed by atoms with Gasteiger partial charge in [-0.2, -0.15) is 0 Å². The van der Waals surface area contributed by atoms with Gasteiger partial charge in [0, 0.05) is 20.1 Å². The van der Waals surface area contributed by atoms with Gasteiger partial charge in [-0.05, 0) is 38.1 Å². The fourth-order valence-corrected chi connectivity index (χ4v) is 3.39. The molecule has 1 fully saturated rings. The summed E-state index contributed by atoms with van der Waals surface area (Å²) < 4.78 is 1.16. The Hall–Kier alpha value is -1.33. The normalized spacial score (nSPS) is 16.3. The lowest BCUT2D eigenvalue weighted by atomic mass is 10.2. The molecule has 5 heteroatoms. The molecule has 0 amide bonds. The van der Waals surface area contributed by atoms with E-state index in [1.165, 1.54) is 25.9 Å². The second-order valence-electron chi connectivity index (χ2n) is 5.17. The second-order valence-corrected chi connectivity index (χ2v) is 6.05. The van der Waals surface area contributed by atoms with Crippen LogP contribution in [0.5, 0.6) is 0 Å². The molecule has 2 heterocycles. The smallest absolute Gasteiger partial charge is 0.106 e. The molecule has 1 aromatic carbocycles. The Kier molecular flexibility index (Phi) is 3.57. The number of rotatable bonds is 4. The zero-order valence-electron chi connectivity index (χ0n) is 11.3. The van der Waals surface area contributed by atoms with Gasteiger partial charge in [0.15, 0.2) is 0 Å². The number of likely N-dealkylation sites (tertiary alicyclic amines) is 1. The molecule has 2 N–H and O–H groups in total. The monoisotopic (exact) mass is 276 g/mol.